The molecular formula is C14H16N2O. The van der Waals surface area contributed by atoms with Crippen molar-refractivity contribution in [2.45, 2.75) is 25.8 Å². The number of nitrogens with zero attached hydrogens (tertiary/aromatic N) is 2. The molecule has 1 aromatic carbocycles. The molecule has 2 aromatic rings. The summed E-state index contributed by atoms with van der Waals surface area (Å²) in [6, 6.07) is 8.35. The van der Waals surface area contributed by atoms with E-state index in [1.807, 2.05) is 25.4 Å². The molecule has 1 unspecified atom stereocenters. The summed E-state index contributed by atoms with van der Waals surface area (Å²) in [4.78, 5) is 4.27. The lowest BCUT2D eigenvalue weighted by molar-refractivity contribution is 0.258. The topological polar surface area (TPSA) is 27.1 Å². The highest BCUT2D eigenvalue weighted by Crippen LogP contribution is 2.34. The van der Waals surface area contributed by atoms with Crippen LogP contribution >= 0.6 is 0 Å². The van der Waals surface area contributed by atoms with Crippen LogP contribution in [0.2, 0.25) is 0 Å². The first-order valence-corrected chi connectivity index (χ1v) is 6.04. The van der Waals surface area contributed by atoms with E-state index in [-0.39, 0.29) is 0 Å². The monoisotopic (exact) mass is 228 g/mol. The molecule has 1 atom stereocenters. The molecule has 0 bridgehead atoms. The number of aryl methyl sites for hydroxylation is 1. The Morgan fingerprint density at radius 1 is 1.41 bits per heavy atom. The van der Waals surface area contributed by atoms with Crippen molar-refractivity contribution < 1.29 is 4.74 Å². The Kier molecular flexibility index (Phi) is 2.59. The predicted octanol–water partition coefficient (Wildman–Crippen LogP) is 2.76. The number of fused-ring (bicyclic) bond motifs is 1. The smallest absolute Gasteiger partial charge is 0.122 e. The van der Waals surface area contributed by atoms with Gasteiger partial charge in [0.05, 0.1) is 6.61 Å². The molecule has 3 nitrogen and oxygen atoms in total. The Bertz CT molecular complexity index is 518. The van der Waals surface area contributed by atoms with Crippen LogP contribution in [0.5, 0.6) is 5.75 Å². The number of ether oxygens (including phenoxy) is 1. The summed E-state index contributed by atoms with van der Waals surface area (Å²) >= 11 is 0. The zero-order chi connectivity index (χ0) is 11.7. The third-order valence-electron chi connectivity index (χ3n) is 3.42. The van der Waals surface area contributed by atoms with E-state index in [4.69, 9.17) is 4.74 Å². The molecule has 0 saturated heterocycles. The molecule has 1 aliphatic rings. The van der Waals surface area contributed by atoms with Gasteiger partial charge in [0.15, 0.2) is 0 Å². The van der Waals surface area contributed by atoms with Gasteiger partial charge < -0.3 is 9.30 Å². The van der Waals surface area contributed by atoms with E-state index >= 15 is 0 Å². The summed E-state index contributed by atoms with van der Waals surface area (Å²) in [6.07, 6.45) is 4.99. The fourth-order valence-corrected chi connectivity index (χ4v) is 2.44. The van der Waals surface area contributed by atoms with Crippen LogP contribution < -0.4 is 4.74 Å². The van der Waals surface area contributed by atoms with Crippen molar-refractivity contribution in [1.29, 1.82) is 0 Å². The average Bonchev–Trinajstić information content (AvgIpc) is 2.76. The number of hydrogen-bond donors (Lipinski definition) is 0. The van der Waals surface area contributed by atoms with Gasteiger partial charge in [-0.2, -0.15) is 0 Å². The maximum atomic E-state index is 5.68. The Morgan fingerprint density at radius 3 is 3.12 bits per heavy atom. The maximum Gasteiger partial charge on any atom is 0.122 e. The third-order valence-corrected chi connectivity index (χ3v) is 3.42. The SMILES string of the molecule is Cc1nccn1CC1CCOc2ccccc21. The number of imidazole rings is 1. The van der Waals surface area contributed by atoms with E-state index < -0.39 is 0 Å². The van der Waals surface area contributed by atoms with E-state index in [1.165, 1.54) is 5.56 Å². The summed E-state index contributed by atoms with van der Waals surface area (Å²) < 4.78 is 7.89. The Morgan fingerprint density at radius 2 is 2.29 bits per heavy atom. The Labute approximate surface area is 101 Å². The number of rotatable bonds is 2. The van der Waals surface area contributed by atoms with Crippen molar-refractivity contribution in [2.24, 2.45) is 0 Å². The molecule has 0 aliphatic carbocycles. The second kappa shape index (κ2) is 4.24. The van der Waals surface area contributed by atoms with Gasteiger partial charge in [-0.1, -0.05) is 18.2 Å². The van der Waals surface area contributed by atoms with E-state index in [0.717, 1.165) is 31.1 Å². The molecule has 1 aliphatic heterocycles. The first-order valence-electron chi connectivity index (χ1n) is 6.04. The van der Waals surface area contributed by atoms with E-state index in [2.05, 4.69) is 27.8 Å². The second-order valence-corrected chi connectivity index (χ2v) is 4.50. The zero-order valence-corrected chi connectivity index (χ0v) is 9.97. The summed E-state index contributed by atoms with van der Waals surface area (Å²) in [6.45, 7) is 3.85. The van der Waals surface area contributed by atoms with Crippen molar-refractivity contribution in [3.8, 4) is 5.75 Å². The molecule has 0 N–H and O–H groups in total. The van der Waals surface area contributed by atoms with Gasteiger partial charge >= 0.3 is 0 Å². The van der Waals surface area contributed by atoms with Crippen molar-refractivity contribution in [3.63, 3.8) is 0 Å². The van der Waals surface area contributed by atoms with E-state index in [0.29, 0.717) is 5.92 Å². The van der Waals surface area contributed by atoms with Crippen LogP contribution in [0.1, 0.15) is 23.7 Å². The fourth-order valence-electron chi connectivity index (χ4n) is 2.44. The van der Waals surface area contributed by atoms with Crippen LogP contribution in [0.15, 0.2) is 36.7 Å². The van der Waals surface area contributed by atoms with Gasteiger partial charge in [-0.05, 0) is 25.0 Å². The van der Waals surface area contributed by atoms with E-state index in [9.17, 15) is 0 Å². The van der Waals surface area contributed by atoms with Crippen LogP contribution in [-0.2, 0) is 6.54 Å². The number of benzene rings is 1. The van der Waals surface area contributed by atoms with Gasteiger partial charge in [0.1, 0.15) is 11.6 Å². The predicted molar refractivity (Wildman–Crippen MR) is 66.3 cm³/mol. The molecule has 3 rings (SSSR count). The highest BCUT2D eigenvalue weighted by atomic mass is 16.5. The zero-order valence-electron chi connectivity index (χ0n) is 9.97. The van der Waals surface area contributed by atoms with Gasteiger partial charge in [-0.25, -0.2) is 4.98 Å². The molecule has 2 heterocycles. The first kappa shape index (κ1) is 10.4. The molecule has 0 spiro atoms. The Balaban J connectivity index is 1.88. The minimum absolute atomic E-state index is 0.535. The maximum absolute atomic E-state index is 5.68. The van der Waals surface area contributed by atoms with Crippen molar-refractivity contribution in [2.75, 3.05) is 6.61 Å². The molecule has 17 heavy (non-hydrogen) atoms. The fraction of sp³-hybridized carbons (Fsp3) is 0.357. The average molecular weight is 228 g/mol. The minimum atomic E-state index is 0.535. The van der Waals surface area contributed by atoms with Crippen LogP contribution in [0.4, 0.5) is 0 Å². The van der Waals surface area contributed by atoms with Gasteiger partial charge in [0, 0.05) is 24.9 Å². The van der Waals surface area contributed by atoms with Gasteiger partial charge in [0.2, 0.25) is 0 Å². The lowest BCUT2D eigenvalue weighted by Gasteiger charge is -2.26. The molecular weight excluding hydrogens is 212 g/mol. The molecule has 1 aromatic heterocycles. The van der Waals surface area contributed by atoms with E-state index in [1.54, 1.807) is 0 Å². The van der Waals surface area contributed by atoms with Gasteiger partial charge in [0.25, 0.3) is 0 Å². The van der Waals surface area contributed by atoms with Crippen molar-refractivity contribution in [1.82, 2.24) is 9.55 Å². The third kappa shape index (κ3) is 1.93. The largest absolute Gasteiger partial charge is 0.493 e. The molecule has 0 radical (unpaired) electrons. The molecule has 88 valence electrons. The first-order chi connectivity index (χ1) is 8.34. The summed E-state index contributed by atoms with van der Waals surface area (Å²) in [5.41, 5.74) is 1.33. The molecule has 0 fully saturated rings. The number of para-hydroxylation sites is 1. The number of aromatic nitrogens is 2. The van der Waals surface area contributed by atoms with Crippen molar-refractivity contribution >= 4 is 0 Å². The highest BCUT2D eigenvalue weighted by Gasteiger charge is 2.21. The van der Waals surface area contributed by atoms with Crippen molar-refractivity contribution in [3.05, 3.63) is 48.0 Å². The minimum Gasteiger partial charge on any atom is -0.493 e. The van der Waals surface area contributed by atoms with Gasteiger partial charge in [-0.3, -0.25) is 0 Å². The van der Waals surface area contributed by atoms with Crippen LogP contribution in [-0.4, -0.2) is 16.2 Å². The lowest BCUT2D eigenvalue weighted by Crippen LogP contribution is -2.18. The summed E-state index contributed by atoms with van der Waals surface area (Å²) in [5.74, 6) is 2.66. The second-order valence-electron chi connectivity index (χ2n) is 4.50. The molecule has 3 heteroatoms. The lowest BCUT2D eigenvalue weighted by atomic mass is 9.93. The van der Waals surface area contributed by atoms with Gasteiger partial charge in [-0.15, -0.1) is 0 Å². The summed E-state index contributed by atoms with van der Waals surface area (Å²) in [7, 11) is 0. The molecule has 0 amide bonds. The standard InChI is InChI=1S/C14H16N2O/c1-11-15-7-8-16(11)10-12-6-9-17-14-5-3-2-4-13(12)14/h2-5,7-8,12H,6,9-10H2,1H3. The summed E-state index contributed by atoms with van der Waals surface area (Å²) in [5, 5.41) is 0. The quantitative estimate of drug-likeness (QED) is 0.790. The highest BCUT2D eigenvalue weighted by molar-refractivity contribution is 5.37. The normalized spacial score (nSPS) is 18.5. The number of hydrogen-bond acceptors (Lipinski definition) is 2. The van der Waals surface area contributed by atoms with Crippen LogP contribution in [0, 0.1) is 6.92 Å². The Hall–Kier alpha value is -1.77. The molecule has 0 saturated carbocycles. The van der Waals surface area contributed by atoms with Crippen LogP contribution in [0.25, 0.3) is 0 Å². The van der Waals surface area contributed by atoms with Crippen LogP contribution in [0.3, 0.4) is 0 Å².